The molecule has 0 saturated heterocycles. The highest BCUT2D eigenvalue weighted by atomic mass is 35.5. The van der Waals surface area contributed by atoms with Gasteiger partial charge >= 0.3 is 0 Å². The van der Waals surface area contributed by atoms with E-state index in [-0.39, 0.29) is 0 Å². The van der Waals surface area contributed by atoms with Crippen LogP contribution < -0.4 is 10.6 Å². The second-order valence-electron chi connectivity index (χ2n) is 5.85. The van der Waals surface area contributed by atoms with Crippen molar-refractivity contribution in [3.8, 4) is 0 Å². The van der Waals surface area contributed by atoms with Gasteiger partial charge in [-0.05, 0) is 43.5 Å². The Morgan fingerprint density at radius 2 is 1.82 bits per heavy atom. The second kappa shape index (κ2) is 6.97. The number of benzene rings is 1. The van der Waals surface area contributed by atoms with E-state index >= 15 is 0 Å². The second-order valence-corrected chi connectivity index (χ2v) is 6.29. The predicted octanol–water partition coefficient (Wildman–Crippen LogP) is 4.93. The van der Waals surface area contributed by atoms with Gasteiger partial charge in [-0.1, -0.05) is 30.9 Å². The van der Waals surface area contributed by atoms with Crippen molar-refractivity contribution in [1.29, 1.82) is 0 Å². The minimum absolute atomic E-state index is 0.536. The highest BCUT2D eigenvalue weighted by Crippen LogP contribution is 2.24. The SMILES string of the molecule is Cc1cc(Cl)ccc1Nc1cc(NC2CCCCC2)ncn1. The molecule has 1 heterocycles. The van der Waals surface area contributed by atoms with E-state index in [9.17, 15) is 0 Å². The molecule has 0 atom stereocenters. The predicted molar refractivity (Wildman–Crippen MR) is 92.0 cm³/mol. The van der Waals surface area contributed by atoms with Crippen LogP contribution in [0.15, 0.2) is 30.6 Å². The number of anilines is 3. The molecular formula is C17H21ClN4. The molecule has 1 saturated carbocycles. The fourth-order valence-corrected chi connectivity index (χ4v) is 3.09. The molecule has 22 heavy (non-hydrogen) atoms. The molecule has 2 aromatic rings. The average molecular weight is 317 g/mol. The van der Waals surface area contributed by atoms with Crippen LogP contribution in [0.3, 0.4) is 0 Å². The number of aryl methyl sites for hydroxylation is 1. The fourth-order valence-electron chi connectivity index (χ4n) is 2.87. The van der Waals surface area contributed by atoms with Gasteiger partial charge in [-0.2, -0.15) is 0 Å². The minimum Gasteiger partial charge on any atom is -0.367 e. The molecule has 5 heteroatoms. The molecule has 116 valence electrons. The molecule has 1 aliphatic rings. The monoisotopic (exact) mass is 316 g/mol. The third kappa shape index (κ3) is 3.89. The van der Waals surface area contributed by atoms with E-state index in [1.165, 1.54) is 32.1 Å². The maximum absolute atomic E-state index is 5.99. The minimum atomic E-state index is 0.536. The van der Waals surface area contributed by atoms with Crippen LogP contribution in [-0.4, -0.2) is 16.0 Å². The zero-order valence-corrected chi connectivity index (χ0v) is 13.5. The molecular weight excluding hydrogens is 296 g/mol. The van der Waals surface area contributed by atoms with Crippen molar-refractivity contribution in [3.05, 3.63) is 41.2 Å². The van der Waals surface area contributed by atoms with Gasteiger partial charge in [-0.3, -0.25) is 0 Å². The number of nitrogens with one attached hydrogen (secondary N) is 2. The highest BCUT2D eigenvalue weighted by Gasteiger charge is 2.13. The Kier molecular flexibility index (Phi) is 4.78. The standard InChI is InChI=1S/C17H21ClN4/c1-12-9-13(18)7-8-15(12)22-17-10-16(19-11-20-17)21-14-5-3-2-4-6-14/h7-11,14H,2-6H2,1H3,(H2,19,20,21,22). The average Bonchev–Trinajstić information content (AvgIpc) is 2.52. The molecule has 3 rings (SSSR count). The lowest BCUT2D eigenvalue weighted by Gasteiger charge is -2.23. The molecule has 2 N–H and O–H groups in total. The molecule has 0 amide bonds. The van der Waals surface area contributed by atoms with Crippen LogP contribution in [0.5, 0.6) is 0 Å². The van der Waals surface area contributed by atoms with E-state index < -0.39 is 0 Å². The highest BCUT2D eigenvalue weighted by molar-refractivity contribution is 6.30. The lowest BCUT2D eigenvalue weighted by Crippen LogP contribution is -2.22. The zero-order valence-electron chi connectivity index (χ0n) is 12.8. The third-order valence-corrected chi connectivity index (χ3v) is 4.31. The van der Waals surface area contributed by atoms with Gasteiger partial charge in [0, 0.05) is 22.8 Å². The first-order chi connectivity index (χ1) is 10.7. The van der Waals surface area contributed by atoms with Crippen molar-refractivity contribution < 1.29 is 0 Å². The Bertz CT molecular complexity index is 638. The van der Waals surface area contributed by atoms with E-state index in [1.807, 2.05) is 31.2 Å². The van der Waals surface area contributed by atoms with Crippen LogP contribution in [0.4, 0.5) is 17.3 Å². The van der Waals surface area contributed by atoms with Crippen molar-refractivity contribution in [3.63, 3.8) is 0 Å². The summed E-state index contributed by atoms with van der Waals surface area (Å²) in [7, 11) is 0. The summed E-state index contributed by atoms with van der Waals surface area (Å²) in [6.45, 7) is 2.02. The summed E-state index contributed by atoms with van der Waals surface area (Å²) in [5, 5.41) is 7.59. The Morgan fingerprint density at radius 3 is 2.59 bits per heavy atom. The smallest absolute Gasteiger partial charge is 0.135 e. The van der Waals surface area contributed by atoms with Gasteiger partial charge in [0.15, 0.2) is 0 Å². The van der Waals surface area contributed by atoms with E-state index in [0.29, 0.717) is 6.04 Å². The van der Waals surface area contributed by atoms with Gasteiger partial charge in [0.1, 0.15) is 18.0 Å². The van der Waals surface area contributed by atoms with Crippen LogP contribution in [0.25, 0.3) is 0 Å². The van der Waals surface area contributed by atoms with E-state index in [2.05, 4.69) is 20.6 Å². The first-order valence-electron chi connectivity index (χ1n) is 7.82. The molecule has 0 radical (unpaired) electrons. The lowest BCUT2D eigenvalue weighted by atomic mass is 9.95. The van der Waals surface area contributed by atoms with Crippen LogP contribution in [0.2, 0.25) is 5.02 Å². The van der Waals surface area contributed by atoms with E-state index in [4.69, 9.17) is 11.6 Å². The summed E-state index contributed by atoms with van der Waals surface area (Å²) in [5.41, 5.74) is 2.10. The number of aromatic nitrogens is 2. The van der Waals surface area contributed by atoms with Gasteiger partial charge in [-0.25, -0.2) is 9.97 Å². The largest absolute Gasteiger partial charge is 0.367 e. The Balaban J connectivity index is 1.70. The van der Waals surface area contributed by atoms with Crippen LogP contribution >= 0.6 is 11.6 Å². The fraction of sp³-hybridized carbons (Fsp3) is 0.412. The van der Waals surface area contributed by atoms with Crippen LogP contribution in [0.1, 0.15) is 37.7 Å². The number of hydrogen-bond donors (Lipinski definition) is 2. The molecule has 0 unspecified atom stereocenters. The molecule has 1 aromatic carbocycles. The molecule has 1 fully saturated rings. The van der Waals surface area contributed by atoms with Crippen molar-refractivity contribution in [2.75, 3.05) is 10.6 Å². The van der Waals surface area contributed by atoms with Crippen LogP contribution in [-0.2, 0) is 0 Å². The summed E-state index contributed by atoms with van der Waals surface area (Å²) < 4.78 is 0. The Morgan fingerprint density at radius 1 is 1.05 bits per heavy atom. The molecule has 1 aromatic heterocycles. The van der Waals surface area contributed by atoms with Crippen molar-refractivity contribution >= 4 is 28.9 Å². The first kappa shape index (κ1) is 15.1. The van der Waals surface area contributed by atoms with Crippen LogP contribution in [0, 0.1) is 6.92 Å². The van der Waals surface area contributed by atoms with Gasteiger partial charge in [0.05, 0.1) is 0 Å². The summed E-state index contributed by atoms with van der Waals surface area (Å²) in [5.74, 6) is 1.68. The molecule has 1 aliphatic carbocycles. The molecule has 0 spiro atoms. The van der Waals surface area contributed by atoms with Gasteiger partial charge < -0.3 is 10.6 Å². The van der Waals surface area contributed by atoms with Crippen molar-refractivity contribution in [2.24, 2.45) is 0 Å². The number of hydrogen-bond acceptors (Lipinski definition) is 4. The third-order valence-electron chi connectivity index (χ3n) is 4.08. The maximum atomic E-state index is 5.99. The quantitative estimate of drug-likeness (QED) is 0.840. The zero-order chi connectivity index (χ0) is 15.4. The number of rotatable bonds is 4. The summed E-state index contributed by atoms with van der Waals surface area (Å²) in [6, 6.07) is 8.27. The van der Waals surface area contributed by atoms with E-state index in [1.54, 1.807) is 6.33 Å². The van der Waals surface area contributed by atoms with Crippen molar-refractivity contribution in [2.45, 2.75) is 45.1 Å². The maximum Gasteiger partial charge on any atom is 0.135 e. The summed E-state index contributed by atoms with van der Waals surface area (Å²) in [4.78, 5) is 8.62. The van der Waals surface area contributed by atoms with Gasteiger partial charge in [0.2, 0.25) is 0 Å². The number of halogens is 1. The van der Waals surface area contributed by atoms with E-state index in [0.717, 1.165) is 27.9 Å². The summed E-state index contributed by atoms with van der Waals surface area (Å²) in [6.07, 6.45) is 8.01. The topological polar surface area (TPSA) is 49.8 Å². The van der Waals surface area contributed by atoms with Gasteiger partial charge in [-0.15, -0.1) is 0 Å². The molecule has 0 bridgehead atoms. The number of nitrogens with zero attached hydrogens (tertiary/aromatic N) is 2. The Hall–Kier alpha value is -1.81. The lowest BCUT2D eigenvalue weighted by molar-refractivity contribution is 0.462. The molecule has 0 aliphatic heterocycles. The normalized spacial score (nSPS) is 15.5. The van der Waals surface area contributed by atoms with Gasteiger partial charge in [0.25, 0.3) is 0 Å². The first-order valence-corrected chi connectivity index (χ1v) is 8.20. The Labute approximate surface area is 136 Å². The van der Waals surface area contributed by atoms with Crippen molar-refractivity contribution in [1.82, 2.24) is 9.97 Å². The molecule has 4 nitrogen and oxygen atoms in total. The summed E-state index contributed by atoms with van der Waals surface area (Å²) >= 11 is 5.99.